The molecule has 0 bridgehead atoms. The third-order valence-corrected chi connectivity index (χ3v) is 3.59. The van der Waals surface area contributed by atoms with Crippen molar-refractivity contribution in [3.05, 3.63) is 35.6 Å². The third kappa shape index (κ3) is 3.62. The summed E-state index contributed by atoms with van der Waals surface area (Å²) in [7, 11) is 0. The van der Waals surface area contributed by atoms with Crippen LogP contribution in [-0.2, 0) is 6.54 Å². The minimum absolute atomic E-state index is 0.0105. The Hall–Kier alpha value is -1.85. The molecular formula is C16H21NO4. The highest BCUT2D eigenvalue weighted by Gasteiger charge is 2.21. The highest BCUT2D eigenvalue weighted by atomic mass is 16.4. The summed E-state index contributed by atoms with van der Waals surface area (Å²) in [5.41, 5.74) is 1.21. The Morgan fingerprint density at radius 2 is 2.05 bits per heavy atom. The number of benzene rings is 1. The Morgan fingerprint density at radius 1 is 1.33 bits per heavy atom. The zero-order chi connectivity index (χ0) is 15.5. The molecule has 21 heavy (non-hydrogen) atoms. The van der Waals surface area contributed by atoms with E-state index >= 15 is 0 Å². The molecular weight excluding hydrogens is 270 g/mol. The van der Waals surface area contributed by atoms with Gasteiger partial charge in [-0.1, -0.05) is 32.0 Å². The zero-order valence-corrected chi connectivity index (χ0v) is 12.3. The number of aromatic carboxylic acids is 1. The predicted molar refractivity (Wildman–Crippen MR) is 80.4 cm³/mol. The number of para-hydroxylation sites is 1. The van der Waals surface area contributed by atoms with Gasteiger partial charge in [0.1, 0.15) is 5.58 Å². The average Bonchev–Trinajstić information content (AvgIpc) is 2.78. The van der Waals surface area contributed by atoms with Crippen LogP contribution >= 0.6 is 0 Å². The van der Waals surface area contributed by atoms with Crippen LogP contribution in [0.4, 0.5) is 0 Å². The summed E-state index contributed by atoms with van der Waals surface area (Å²) >= 11 is 0. The molecule has 5 nitrogen and oxygen atoms in total. The maximum absolute atomic E-state index is 11.3. The van der Waals surface area contributed by atoms with Gasteiger partial charge in [0.15, 0.2) is 0 Å². The molecule has 1 aromatic heterocycles. The standard InChI is InChI=1S/C16H21NO4/c1-16(2,7-8-18)10-17-9-12-11-5-3-4-6-13(11)21-14(12)15(19)20/h3-6,17-18H,7-10H2,1-2H3,(H,19,20). The summed E-state index contributed by atoms with van der Waals surface area (Å²) in [5, 5.41) is 22.4. The highest BCUT2D eigenvalue weighted by Crippen LogP contribution is 2.26. The van der Waals surface area contributed by atoms with Gasteiger partial charge in [-0.25, -0.2) is 4.79 Å². The summed E-state index contributed by atoms with van der Waals surface area (Å²) < 4.78 is 5.41. The smallest absolute Gasteiger partial charge is 0.372 e. The van der Waals surface area contributed by atoms with Crippen LogP contribution in [0, 0.1) is 5.41 Å². The molecule has 1 aromatic carbocycles. The number of hydrogen-bond acceptors (Lipinski definition) is 4. The molecule has 1 heterocycles. The van der Waals surface area contributed by atoms with Crippen molar-refractivity contribution in [3.8, 4) is 0 Å². The first kappa shape index (κ1) is 15.5. The van der Waals surface area contributed by atoms with E-state index in [1.807, 2.05) is 18.2 Å². The molecule has 0 spiro atoms. The van der Waals surface area contributed by atoms with E-state index in [9.17, 15) is 9.90 Å². The first-order chi connectivity index (χ1) is 9.94. The number of carboxylic acids is 1. The second kappa shape index (κ2) is 6.28. The van der Waals surface area contributed by atoms with E-state index in [-0.39, 0.29) is 17.8 Å². The van der Waals surface area contributed by atoms with Crippen LogP contribution in [0.3, 0.4) is 0 Å². The number of carbonyl (C=O) groups is 1. The first-order valence-corrected chi connectivity index (χ1v) is 7.00. The van der Waals surface area contributed by atoms with E-state index in [0.717, 1.165) is 5.39 Å². The average molecular weight is 291 g/mol. The van der Waals surface area contributed by atoms with E-state index in [1.165, 1.54) is 0 Å². The summed E-state index contributed by atoms with van der Waals surface area (Å²) in [6, 6.07) is 7.31. The first-order valence-electron chi connectivity index (χ1n) is 7.00. The summed E-state index contributed by atoms with van der Waals surface area (Å²) in [4.78, 5) is 11.3. The van der Waals surface area contributed by atoms with E-state index < -0.39 is 5.97 Å². The molecule has 0 aliphatic carbocycles. The zero-order valence-electron chi connectivity index (χ0n) is 12.3. The molecule has 0 fully saturated rings. The summed E-state index contributed by atoms with van der Waals surface area (Å²) in [6.45, 7) is 5.37. The van der Waals surface area contributed by atoms with Gasteiger partial charge in [0.25, 0.3) is 0 Å². The lowest BCUT2D eigenvalue weighted by atomic mass is 9.89. The number of fused-ring (bicyclic) bond motifs is 1. The second-order valence-corrected chi connectivity index (χ2v) is 5.95. The van der Waals surface area contributed by atoms with Crippen molar-refractivity contribution in [2.75, 3.05) is 13.2 Å². The lowest BCUT2D eigenvalue weighted by molar-refractivity contribution is 0.0663. The normalized spacial score (nSPS) is 12.0. The van der Waals surface area contributed by atoms with Gasteiger partial charge in [-0.15, -0.1) is 0 Å². The molecule has 3 N–H and O–H groups in total. The Balaban J connectivity index is 2.17. The highest BCUT2D eigenvalue weighted by molar-refractivity contribution is 5.95. The molecule has 0 aliphatic heterocycles. The van der Waals surface area contributed by atoms with Gasteiger partial charge in [0.05, 0.1) is 0 Å². The SMILES string of the molecule is CC(C)(CCO)CNCc1c(C(=O)O)oc2ccccc12. The van der Waals surface area contributed by atoms with E-state index in [4.69, 9.17) is 9.52 Å². The van der Waals surface area contributed by atoms with Gasteiger partial charge < -0.3 is 19.9 Å². The van der Waals surface area contributed by atoms with Gasteiger partial charge in [0.2, 0.25) is 5.76 Å². The van der Waals surface area contributed by atoms with Crippen LogP contribution in [0.5, 0.6) is 0 Å². The maximum Gasteiger partial charge on any atom is 0.372 e. The Kier molecular flexibility index (Phi) is 4.65. The van der Waals surface area contributed by atoms with Crippen molar-refractivity contribution < 1.29 is 19.4 Å². The van der Waals surface area contributed by atoms with Crippen LogP contribution in [0.2, 0.25) is 0 Å². The van der Waals surface area contributed by atoms with Gasteiger partial charge >= 0.3 is 5.97 Å². The van der Waals surface area contributed by atoms with Crippen molar-refractivity contribution >= 4 is 16.9 Å². The number of aliphatic hydroxyl groups excluding tert-OH is 1. The fourth-order valence-electron chi connectivity index (χ4n) is 2.36. The molecule has 0 atom stereocenters. The van der Waals surface area contributed by atoms with Crippen LogP contribution in [0.15, 0.2) is 28.7 Å². The molecule has 0 saturated carbocycles. The molecule has 2 rings (SSSR count). The quantitative estimate of drug-likeness (QED) is 0.730. The van der Waals surface area contributed by atoms with Crippen LogP contribution in [-0.4, -0.2) is 29.3 Å². The molecule has 2 aromatic rings. The molecule has 0 unspecified atom stereocenters. The minimum atomic E-state index is -1.06. The Morgan fingerprint density at radius 3 is 2.71 bits per heavy atom. The number of hydrogen-bond donors (Lipinski definition) is 3. The van der Waals surface area contributed by atoms with E-state index in [0.29, 0.717) is 30.7 Å². The third-order valence-electron chi connectivity index (χ3n) is 3.59. The summed E-state index contributed by atoms with van der Waals surface area (Å²) in [5.74, 6) is -1.07. The molecule has 0 amide bonds. The number of aliphatic hydroxyl groups is 1. The number of carboxylic acid groups (broad SMARTS) is 1. The van der Waals surface area contributed by atoms with Crippen LogP contribution in [0.1, 0.15) is 36.4 Å². The predicted octanol–water partition coefficient (Wildman–Crippen LogP) is 2.63. The number of rotatable bonds is 7. The fraction of sp³-hybridized carbons (Fsp3) is 0.438. The van der Waals surface area contributed by atoms with Gasteiger partial charge in [-0.05, 0) is 17.9 Å². The van der Waals surface area contributed by atoms with Crippen LogP contribution in [0.25, 0.3) is 11.0 Å². The second-order valence-electron chi connectivity index (χ2n) is 5.95. The Bertz CT molecular complexity index is 630. The monoisotopic (exact) mass is 291 g/mol. The number of furan rings is 1. The lowest BCUT2D eigenvalue weighted by Crippen LogP contribution is -2.30. The van der Waals surface area contributed by atoms with Gasteiger partial charge in [-0.2, -0.15) is 0 Å². The topological polar surface area (TPSA) is 82.7 Å². The largest absolute Gasteiger partial charge is 0.475 e. The molecule has 114 valence electrons. The van der Waals surface area contributed by atoms with Crippen LogP contribution < -0.4 is 5.32 Å². The van der Waals surface area contributed by atoms with Crippen molar-refractivity contribution in [3.63, 3.8) is 0 Å². The van der Waals surface area contributed by atoms with Gasteiger partial charge in [0, 0.05) is 30.6 Å². The number of nitrogens with one attached hydrogen (secondary N) is 1. The molecule has 0 radical (unpaired) electrons. The lowest BCUT2D eigenvalue weighted by Gasteiger charge is -2.23. The fourth-order valence-corrected chi connectivity index (χ4v) is 2.36. The van der Waals surface area contributed by atoms with E-state index in [1.54, 1.807) is 6.07 Å². The molecule has 0 aliphatic rings. The minimum Gasteiger partial charge on any atom is -0.475 e. The maximum atomic E-state index is 11.3. The van der Waals surface area contributed by atoms with Crippen molar-refractivity contribution in [1.29, 1.82) is 0 Å². The molecule has 0 saturated heterocycles. The van der Waals surface area contributed by atoms with Crippen molar-refractivity contribution in [2.24, 2.45) is 5.41 Å². The molecule has 5 heteroatoms. The Labute approximate surface area is 123 Å². The van der Waals surface area contributed by atoms with Crippen molar-refractivity contribution in [2.45, 2.75) is 26.8 Å². The van der Waals surface area contributed by atoms with Gasteiger partial charge in [-0.3, -0.25) is 0 Å². The van der Waals surface area contributed by atoms with Crippen molar-refractivity contribution in [1.82, 2.24) is 5.32 Å². The summed E-state index contributed by atoms with van der Waals surface area (Å²) in [6.07, 6.45) is 0.692. The van der Waals surface area contributed by atoms with E-state index in [2.05, 4.69) is 19.2 Å².